The average molecular weight is 303 g/mol. The van der Waals surface area contributed by atoms with Gasteiger partial charge in [0.25, 0.3) is 0 Å². The summed E-state index contributed by atoms with van der Waals surface area (Å²) in [5.74, 6) is 0.129. The molecule has 2 aromatic rings. The van der Waals surface area contributed by atoms with Crippen LogP contribution in [-0.4, -0.2) is 6.61 Å². The molecule has 0 spiro atoms. The van der Waals surface area contributed by atoms with Crippen LogP contribution in [0.25, 0.3) is 0 Å². The molecule has 0 fully saturated rings. The minimum atomic E-state index is -2.85. The highest BCUT2D eigenvalue weighted by Gasteiger charge is 2.19. The van der Waals surface area contributed by atoms with Crippen molar-refractivity contribution in [2.75, 3.05) is 0 Å². The van der Waals surface area contributed by atoms with Crippen LogP contribution in [0.15, 0.2) is 36.4 Å². The summed E-state index contributed by atoms with van der Waals surface area (Å²) in [6.07, 6.45) is 0.934. The number of rotatable bonds is 5. The van der Waals surface area contributed by atoms with Crippen LogP contribution >= 0.6 is 22.9 Å². The lowest BCUT2D eigenvalue weighted by atomic mass is 10.1. The number of hydrogen-bond acceptors (Lipinski definition) is 2. The molecule has 0 bridgehead atoms. The van der Waals surface area contributed by atoms with Gasteiger partial charge in [0.1, 0.15) is 5.75 Å². The molecule has 0 aliphatic heterocycles. The van der Waals surface area contributed by atoms with Crippen molar-refractivity contribution in [1.29, 1.82) is 0 Å². The number of benzene rings is 1. The predicted molar refractivity (Wildman–Crippen MR) is 74.5 cm³/mol. The molecule has 102 valence electrons. The summed E-state index contributed by atoms with van der Waals surface area (Å²) < 4.78 is 29.2. The minimum Gasteiger partial charge on any atom is -0.434 e. The highest BCUT2D eigenvalue weighted by Crippen LogP contribution is 2.38. The number of halogens is 3. The fourth-order valence-corrected chi connectivity index (χ4v) is 3.10. The van der Waals surface area contributed by atoms with Crippen molar-refractivity contribution < 1.29 is 13.5 Å². The standard InChI is InChI=1S/C14H13ClF2OS/c1-2-9-7-8-12(19-9)13(15)10-5-3-4-6-11(10)18-14(16)17/h3-8,13-14H,2H2,1H3. The van der Waals surface area contributed by atoms with Crippen LogP contribution in [0.4, 0.5) is 8.78 Å². The van der Waals surface area contributed by atoms with E-state index in [1.165, 1.54) is 10.9 Å². The van der Waals surface area contributed by atoms with Gasteiger partial charge in [0.2, 0.25) is 0 Å². The molecule has 0 amide bonds. The number of aryl methyl sites for hydroxylation is 1. The molecular weight excluding hydrogens is 290 g/mol. The summed E-state index contributed by atoms with van der Waals surface area (Å²) in [6.45, 7) is -0.785. The summed E-state index contributed by atoms with van der Waals surface area (Å²) >= 11 is 7.96. The minimum absolute atomic E-state index is 0.129. The Morgan fingerprint density at radius 3 is 2.58 bits per heavy atom. The fourth-order valence-electron chi connectivity index (χ4n) is 1.77. The summed E-state index contributed by atoms with van der Waals surface area (Å²) in [5, 5.41) is -0.472. The van der Waals surface area contributed by atoms with Gasteiger partial charge in [0, 0.05) is 15.3 Å². The second-order valence-electron chi connectivity index (χ2n) is 3.94. The van der Waals surface area contributed by atoms with Gasteiger partial charge in [-0.1, -0.05) is 25.1 Å². The molecule has 5 heteroatoms. The van der Waals surface area contributed by atoms with Crippen LogP contribution in [0.5, 0.6) is 5.75 Å². The maximum Gasteiger partial charge on any atom is 0.387 e. The first-order chi connectivity index (χ1) is 9.11. The molecule has 1 aromatic carbocycles. The van der Waals surface area contributed by atoms with Crippen molar-refractivity contribution in [3.63, 3.8) is 0 Å². The molecule has 1 unspecified atom stereocenters. The monoisotopic (exact) mass is 302 g/mol. The lowest BCUT2D eigenvalue weighted by Crippen LogP contribution is -2.05. The molecule has 0 saturated carbocycles. The zero-order valence-electron chi connectivity index (χ0n) is 10.3. The van der Waals surface area contributed by atoms with Gasteiger partial charge in [0.15, 0.2) is 0 Å². The number of para-hydroxylation sites is 1. The number of thiophene rings is 1. The van der Waals surface area contributed by atoms with E-state index < -0.39 is 12.0 Å². The maximum absolute atomic E-state index is 12.4. The van der Waals surface area contributed by atoms with Crippen LogP contribution in [0.2, 0.25) is 0 Å². The highest BCUT2D eigenvalue weighted by atomic mass is 35.5. The third-order valence-corrected chi connectivity index (χ3v) is 4.58. The second-order valence-corrected chi connectivity index (χ2v) is 5.57. The zero-order valence-corrected chi connectivity index (χ0v) is 11.8. The first-order valence-corrected chi connectivity index (χ1v) is 7.13. The lowest BCUT2D eigenvalue weighted by Gasteiger charge is -2.13. The molecule has 0 saturated heterocycles. The van der Waals surface area contributed by atoms with E-state index in [-0.39, 0.29) is 5.75 Å². The normalized spacial score (nSPS) is 12.7. The molecule has 0 aliphatic rings. The van der Waals surface area contributed by atoms with E-state index in [9.17, 15) is 8.78 Å². The summed E-state index contributed by atoms with van der Waals surface area (Å²) in [4.78, 5) is 2.15. The van der Waals surface area contributed by atoms with E-state index >= 15 is 0 Å². The zero-order chi connectivity index (χ0) is 13.8. The van der Waals surface area contributed by atoms with Crippen molar-refractivity contribution in [2.45, 2.75) is 25.3 Å². The van der Waals surface area contributed by atoms with Crippen LogP contribution in [0, 0.1) is 0 Å². The van der Waals surface area contributed by atoms with Crippen LogP contribution in [0.1, 0.15) is 27.6 Å². The third-order valence-electron chi connectivity index (χ3n) is 2.69. The molecule has 1 atom stereocenters. The summed E-state index contributed by atoms with van der Waals surface area (Å²) in [5.41, 5.74) is 0.564. The van der Waals surface area contributed by atoms with Gasteiger partial charge in [-0.2, -0.15) is 8.78 Å². The highest BCUT2D eigenvalue weighted by molar-refractivity contribution is 7.12. The Kier molecular flexibility index (Phi) is 4.77. The molecule has 0 aliphatic carbocycles. The van der Waals surface area contributed by atoms with Crippen LogP contribution in [0.3, 0.4) is 0 Å². The summed E-state index contributed by atoms with van der Waals surface area (Å²) in [6, 6.07) is 10.6. The Hall–Kier alpha value is -1.13. The number of ether oxygens (including phenoxy) is 1. The van der Waals surface area contributed by atoms with E-state index in [2.05, 4.69) is 11.7 Å². The molecule has 1 nitrogen and oxygen atoms in total. The maximum atomic E-state index is 12.4. The van der Waals surface area contributed by atoms with E-state index in [0.717, 1.165) is 11.3 Å². The average Bonchev–Trinajstić information content (AvgIpc) is 2.86. The van der Waals surface area contributed by atoms with Crippen molar-refractivity contribution in [3.8, 4) is 5.75 Å². The van der Waals surface area contributed by atoms with Gasteiger partial charge in [-0.25, -0.2) is 0 Å². The van der Waals surface area contributed by atoms with E-state index in [0.29, 0.717) is 5.56 Å². The van der Waals surface area contributed by atoms with Gasteiger partial charge < -0.3 is 4.74 Å². The fraction of sp³-hybridized carbons (Fsp3) is 0.286. The molecule has 0 N–H and O–H groups in total. The first-order valence-electron chi connectivity index (χ1n) is 5.88. The van der Waals surface area contributed by atoms with Gasteiger partial charge in [-0.15, -0.1) is 22.9 Å². The first kappa shape index (κ1) is 14.3. The Morgan fingerprint density at radius 1 is 1.21 bits per heavy atom. The largest absolute Gasteiger partial charge is 0.434 e. The predicted octanol–water partition coefficient (Wildman–Crippen LogP) is 5.24. The van der Waals surface area contributed by atoms with E-state index in [1.54, 1.807) is 29.5 Å². The Bertz CT molecular complexity index is 542. The van der Waals surface area contributed by atoms with Crippen molar-refractivity contribution in [2.24, 2.45) is 0 Å². The van der Waals surface area contributed by atoms with E-state index in [4.69, 9.17) is 11.6 Å². The quantitative estimate of drug-likeness (QED) is 0.686. The molecule has 19 heavy (non-hydrogen) atoms. The number of alkyl halides is 3. The van der Waals surface area contributed by atoms with Crippen molar-refractivity contribution >= 4 is 22.9 Å². The molecule has 0 radical (unpaired) electrons. The van der Waals surface area contributed by atoms with Gasteiger partial charge in [0.05, 0.1) is 5.38 Å². The van der Waals surface area contributed by atoms with Crippen LogP contribution < -0.4 is 4.74 Å². The van der Waals surface area contributed by atoms with Gasteiger partial charge in [-0.05, 0) is 24.6 Å². The van der Waals surface area contributed by atoms with Crippen molar-refractivity contribution in [3.05, 3.63) is 51.7 Å². The van der Waals surface area contributed by atoms with Gasteiger partial charge in [-0.3, -0.25) is 0 Å². The molecule has 2 rings (SSSR count). The number of hydrogen-bond donors (Lipinski definition) is 0. The smallest absolute Gasteiger partial charge is 0.387 e. The topological polar surface area (TPSA) is 9.23 Å². The third kappa shape index (κ3) is 3.45. The SMILES string of the molecule is CCc1ccc(C(Cl)c2ccccc2OC(F)F)s1. The second kappa shape index (κ2) is 6.35. The van der Waals surface area contributed by atoms with Crippen LogP contribution in [-0.2, 0) is 6.42 Å². The lowest BCUT2D eigenvalue weighted by molar-refractivity contribution is -0.0504. The summed E-state index contributed by atoms with van der Waals surface area (Å²) in [7, 11) is 0. The Morgan fingerprint density at radius 2 is 1.95 bits per heavy atom. The Labute approximate surface area is 119 Å². The molecule has 1 heterocycles. The van der Waals surface area contributed by atoms with Gasteiger partial charge >= 0.3 is 6.61 Å². The molecular formula is C14H13ClF2OS. The van der Waals surface area contributed by atoms with E-state index in [1.807, 2.05) is 12.1 Å². The Balaban J connectivity index is 2.29. The van der Waals surface area contributed by atoms with Crippen molar-refractivity contribution in [1.82, 2.24) is 0 Å². The molecule has 1 aromatic heterocycles.